The van der Waals surface area contributed by atoms with Gasteiger partial charge in [0, 0.05) is 0 Å². The van der Waals surface area contributed by atoms with Crippen molar-refractivity contribution in [2.75, 3.05) is 0 Å². The van der Waals surface area contributed by atoms with E-state index in [4.69, 9.17) is 0 Å². The number of hydrogen-bond donors (Lipinski definition) is 0. The summed E-state index contributed by atoms with van der Waals surface area (Å²) in [5.41, 5.74) is 17.0. The molecule has 53 heavy (non-hydrogen) atoms. The standard InChI is InChI=1S/C22H25.C20H21.C7H8Si.2ClH.Zr/c1-15(2)18-13-17-7-6-8-20(21(17)14-18)16-9-11-19(12-10-16)22(3,4)5;1-14-12-16-6-5-7-18(19(16)13-14)15-8-10-17(11-9-15)20(2,3)4;1-8-7-5-3-2-4-6-7;;;/h6-15H,1-5H3;5-13H,1-4H3;2-6H,1H3;2*1H;/q;;;;;+2/p-2. The van der Waals surface area contributed by atoms with E-state index in [9.17, 15) is 0 Å². The minimum Gasteiger partial charge on any atom is -1.00 e. The Hall–Kier alpha value is -2.74. The molecule has 0 aliphatic heterocycles. The van der Waals surface area contributed by atoms with E-state index in [1.807, 2.05) is 0 Å². The van der Waals surface area contributed by atoms with E-state index in [1.54, 1.807) is 27.5 Å². The Kier molecular flexibility index (Phi) is 12.6. The quantitative estimate of drug-likeness (QED) is 0.162. The van der Waals surface area contributed by atoms with Crippen LogP contribution in [0.1, 0.15) is 103 Å². The van der Waals surface area contributed by atoms with Crippen LogP contribution < -0.4 is 30.0 Å². The van der Waals surface area contributed by atoms with E-state index in [-0.39, 0.29) is 35.6 Å². The van der Waals surface area contributed by atoms with E-state index < -0.39 is 25.8 Å². The summed E-state index contributed by atoms with van der Waals surface area (Å²) in [5.74, 6) is 0.498. The van der Waals surface area contributed by atoms with Crippen LogP contribution in [0.2, 0.25) is 6.55 Å². The third kappa shape index (κ3) is 8.00. The van der Waals surface area contributed by atoms with Crippen molar-refractivity contribution in [2.24, 2.45) is 5.92 Å². The molecule has 0 nitrogen and oxygen atoms in total. The molecule has 0 fully saturated rings. The van der Waals surface area contributed by atoms with E-state index in [2.05, 4.69) is 196 Å². The van der Waals surface area contributed by atoms with Crippen molar-refractivity contribution in [2.45, 2.75) is 86.9 Å². The average Bonchev–Trinajstić information content (AvgIpc) is 3.66. The molecular formula is C49H54Cl2SiZr. The molecule has 2 atom stereocenters. The molecule has 5 aromatic carbocycles. The molecule has 0 N–H and O–H groups in total. The fourth-order valence-electron chi connectivity index (χ4n) is 8.50. The van der Waals surface area contributed by atoms with Crippen molar-refractivity contribution in [3.05, 3.63) is 160 Å². The zero-order valence-corrected chi connectivity index (χ0v) is 38.1. The smallest absolute Gasteiger partial charge is 1.00 e. The summed E-state index contributed by atoms with van der Waals surface area (Å²) < 4.78 is 1.09. The molecule has 0 spiro atoms. The summed E-state index contributed by atoms with van der Waals surface area (Å²) in [6.45, 7) is 23.8. The third-order valence-electron chi connectivity index (χ3n) is 11.4. The van der Waals surface area contributed by atoms with Crippen LogP contribution in [0.4, 0.5) is 0 Å². The molecule has 0 aromatic heterocycles. The molecule has 0 bridgehead atoms. The zero-order chi connectivity index (χ0) is 36.2. The van der Waals surface area contributed by atoms with Gasteiger partial charge in [0.15, 0.2) is 0 Å². The van der Waals surface area contributed by atoms with Gasteiger partial charge in [0.1, 0.15) is 0 Å². The summed E-state index contributed by atoms with van der Waals surface area (Å²) >= 11 is -2.50. The Morgan fingerprint density at radius 1 is 0.547 bits per heavy atom. The van der Waals surface area contributed by atoms with Crippen LogP contribution >= 0.6 is 0 Å². The van der Waals surface area contributed by atoms with Gasteiger partial charge in [0.05, 0.1) is 0 Å². The maximum absolute atomic E-state index is 2.68. The number of fused-ring (bicyclic) bond motifs is 2. The monoisotopic (exact) mass is 830 g/mol. The zero-order valence-electron chi connectivity index (χ0n) is 33.1. The second-order valence-corrected chi connectivity index (χ2v) is 33.1. The second-order valence-electron chi connectivity index (χ2n) is 17.3. The van der Waals surface area contributed by atoms with E-state index in [1.165, 1.54) is 44.5 Å². The molecular weight excluding hydrogens is 779 g/mol. The second kappa shape index (κ2) is 16.2. The minimum atomic E-state index is -2.50. The van der Waals surface area contributed by atoms with Crippen molar-refractivity contribution in [3.63, 3.8) is 0 Å². The van der Waals surface area contributed by atoms with Crippen LogP contribution in [-0.4, -0.2) is 5.43 Å². The van der Waals surface area contributed by atoms with Crippen molar-refractivity contribution < 1.29 is 45.2 Å². The fraction of sp³-hybridized carbons (Fsp3) is 0.306. The van der Waals surface area contributed by atoms with Crippen LogP contribution in [0.15, 0.2) is 126 Å². The molecule has 0 saturated heterocycles. The first-order valence-electron chi connectivity index (χ1n) is 18.9. The molecule has 0 amide bonds. The van der Waals surface area contributed by atoms with Crippen LogP contribution in [0.5, 0.6) is 0 Å². The first-order valence-corrected chi connectivity index (χ1v) is 27.4. The first kappa shape index (κ1) is 41.4. The van der Waals surface area contributed by atoms with Crippen LogP contribution in [-0.2, 0) is 31.2 Å². The average molecular weight is 833 g/mol. The maximum Gasteiger partial charge on any atom is -1.00 e. The summed E-state index contributed by atoms with van der Waals surface area (Å²) in [7, 11) is 0. The molecule has 0 heterocycles. The van der Waals surface area contributed by atoms with Gasteiger partial charge in [0.25, 0.3) is 0 Å². The van der Waals surface area contributed by atoms with Crippen molar-refractivity contribution in [3.8, 4) is 22.3 Å². The van der Waals surface area contributed by atoms with Gasteiger partial charge in [-0.25, -0.2) is 0 Å². The van der Waals surface area contributed by atoms with E-state index >= 15 is 0 Å². The molecule has 272 valence electrons. The Labute approximate surface area is 340 Å². The molecule has 2 aliphatic carbocycles. The summed E-state index contributed by atoms with van der Waals surface area (Å²) in [5, 5.41) is 1.61. The van der Waals surface area contributed by atoms with Crippen LogP contribution in [0.25, 0.3) is 34.4 Å². The van der Waals surface area contributed by atoms with Gasteiger partial charge in [-0.15, -0.1) is 0 Å². The molecule has 0 saturated carbocycles. The third-order valence-corrected chi connectivity index (χ3v) is 31.9. The predicted octanol–water partition coefficient (Wildman–Crippen LogP) is 7.02. The Morgan fingerprint density at radius 2 is 1.00 bits per heavy atom. The van der Waals surface area contributed by atoms with Crippen LogP contribution in [0.3, 0.4) is 0 Å². The summed E-state index contributed by atoms with van der Waals surface area (Å²) in [6.07, 6.45) is 5.22. The van der Waals surface area contributed by atoms with Gasteiger partial charge in [-0.3, -0.25) is 0 Å². The largest absolute Gasteiger partial charge is 1.00 e. The van der Waals surface area contributed by atoms with Gasteiger partial charge >= 0.3 is 318 Å². The van der Waals surface area contributed by atoms with E-state index in [0.29, 0.717) is 13.2 Å². The number of hydrogen-bond acceptors (Lipinski definition) is 0. The molecule has 7 rings (SSSR count). The van der Waals surface area contributed by atoms with Gasteiger partial charge < -0.3 is 24.8 Å². The fourth-order valence-corrected chi connectivity index (χ4v) is 31.7. The SMILES string of the molecule is CC1=Cc2c(-c3ccc(C(C)(C)C)cc3)cccc2[CH]1[Zr+2]([CH]1C(C(C)C)=Cc2c(-c3ccc(C(C)(C)C)cc3)cccc21)=[Si](C)c1ccccc1.[Cl-].[Cl-]. The van der Waals surface area contributed by atoms with Crippen molar-refractivity contribution in [1.82, 2.24) is 0 Å². The van der Waals surface area contributed by atoms with Gasteiger partial charge in [-0.05, 0) is 0 Å². The number of halogens is 2. The molecule has 2 aliphatic rings. The first-order chi connectivity index (χ1) is 24.2. The molecule has 5 aromatic rings. The molecule has 0 radical (unpaired) electrons. The number of rotatable bonds is 6. The Morgan fingerprint density at radius 3 is 1.45 bits per heavy atom. The van der Waals surface area contributed by atoms with E-state index in [0.717, 1.165) is 0 Å². The minimum absolute atomic E-state index is 0. The van der Waals surface area contributed by atoms with Gasteiger partial charge in [0.2, 0.25) is 0 Å². The van der Waals surface area contributed by atoms with Gasteiger partial charge in [-0.2, -0.15) is 0 Å². The Bertz CT molecular complexity index is 2190. The van der Waals surface area contributed by atoms with Gasteiger partial charge in [-0.1, -0.05) is 0 Å². The molecule has 2 unspecified atom stereocenters. The topological polar surface area (TPSA) is 0 Å². The number of allylic oxidation sites excluding steroid dienone is 2. The number of benzene rings is 5. The normalized spacial score (nSPS) is 16.5. The maximum atomic E-state index is 2.68. The summed E-state index contributed by atoms with van der Waals surface area (Å²) in [4.78, 5) is 0. The van der Waals surface area contributed by atoms with Crippen molar-refractivity contribution in [1.29, 1.82) is 0 Å². The van der Waals surface area contributed by atoms with Crippen LogP contribution in [0, 0.1) is 5.92 Å². The molecule has 4 heteroatoms. The summed E-state index contributed by atoms with van der Waals surface area (Å²) in [6, 6.07) is 44.8. The van der Waals surface area contributed by atoms with Crippen molar-refractivity contribution >= 4 is 22.8 Å². The Balaban J connectivity index is 0.00000271. The predicted molar refractivity (Wildman–Crippen MR) is 221 cm³/mol.